The van der Waals surface area contributed by atoms with Crippen LogP contribution in [0.1, 0.15) is 6.92 Å². The van der Waals surface area contributed by atoms with E-state index in [0.717, 1.165) is 5.75 Å². The van der Waals surface area contributed by atoms with Crippen LogP contribution >= 0.6 is 15.9 Å². The van der Waals surface area contributed by atoms with Gasteiger partial charge in [-0.15, -0.1) is 0 Å². The molecule has 0 aliphatic carbocycles. The van der Waals surface area contributed by atoms with Crippen molar-refractivity contribution in [1.29, 1.82) is 0 Å². The van der Waals surface area contributed by atoms with Crippen LogP contribution in [-0.4, -0.2) is 24.0 Å². The van der Waals surface area contributed by atoms with Gasteiger partial charge >= 0.3 is 5.97 Å². The topological polar surface area (TPSA) is 35.5 Å². The molecule has 3 nitrogen and oxygen atoms in total. The summed E-state index contributed by atoms with van der Waals surface area (Å²) in [6.45, 7) is 1.74. The first-order chi connectivity index (χ1) is 7.22. The highest BCUT2D eigenvalue weighted by Gasteiger charge is 2.10. The van der Waals surface area contributed by atoms with Crippen LogP contribution in [0.5, 0.6) is 5.75 Å². The van der Waals surface area contributed by atoms with Gasteiger partial charge in [0.05, 0.1) is 0 Å². The summed E-state index contributed by atoms with van der Waals surface area (Å²) < 4.78 is 10.5. The minimum atomic E-state index is -0.295. The average Bonchev–Trinajstić information content (AvgIpc) is 2.25. The smallest absolute Gasteiger partial charge is 0.303 e. The Morgan fingerprint density at radius 3 is 2.60 bits per heavy atom. The van der Waals surface area contributed by atoms with Crippen molar-refractivity contribution < 1.29 is 14.3 Å². The van der Waals surface area contributed by atoms with E-state index in [-0.39, 0.29) is 12.1 Å². The van der Waals surface area contributed by atoms with Crippen LogP contribution in [0.15, 0.2) is 30.3 Å². The number of rotatable bonds is 5. The monoisotopic (exact) mass is 272 g/mol. The van der Waals surface area contributed by atoms with E-state index in [9.17, 15) is 4.79 Å². The van der Waals surface area contributed by atoms with E-state index >= 15 is 0 Å². The lowest BCUT2D eigenvalue weighted by molar-refractivity contribution is -0.146. The number of carbonyl (C=O) groups excluding carboxylic acids is 1. The first kappa shape index (κ1) is 12.0. The fraction of sp³-hybridized carbons (Fsp3) is 0.364. The molecular formula is C11H13BrO3. The summed E-state index contributed by atoms with van der Waals surface area (Å²) in [7, 11) is 0. The van der Waals surface area contributed by atoms with Crippen molar-refractivity contribution in [1.82, 2.24) is 0 Å². The van der Waals surface area contributed by atoms with Gasteiger partial charge in [0, 0.05) is 12.3 Å². The number of para-hydroxylation sites is 1. The standard InChI is InChI=1S/C11H13BrO3/c1-9(13)15-11(7-12)8-14-10-5-3-2-4-6-10/h2-6,11H,7-8H2,1H3/t11-/m0/s1. The summed E-state index contributed by atoms with van der Waals surface area (Å²) in [5, 5.41) is 0.569. The van der Waals surface area contributed by atoms with E-state index in [2.05, 4.69) is 15.9 Å². The fourth-order valence-electron chi connectivity index (χ4n) is 1.05. The van der Waals surface area contributed by atoms with Gasteiger partial charge < -0.3 is 9.47 Å². The van der Waals surface area contributed by atoms with Crippen LogP contribution in [0.3, 0.4) is 0 Å². The molecule has 0 saturated heterocycles. The molecule has 1 atom stereocenters. The zero-order valence-corrected chi connectivity index (χ0v) is 10.1. The van der Waals surface area contributed by atoms with Crippen LogP contribution in [0, 0.1) is 0 Å². The highest BCUT2D eigenvalue weighted by molar-refractivity contribution is 9.09. The molecule has 4 heteroatoms. The van der Waals surface area contributed by atoms with Crippen LogP contribution in [0.2, 0.25) is 0 Å². The summed E-state index contributed by atoms with van der Waals surface area (Å²) in [5.74, 6) is 0.478. The summed E-state index contributed by atoms with van der Waals surface area (Å²) in [5.41, 5.74) is 0. The Labute approximate surface area is 97.5 Å². The van der Waals surface area contributed by atoms with Gasteiger partial charge in [-0.1, -0.05) is 34.1 Å². The molecule has 0 aliphatic rings. The largest absolute Gasteiger partial charge is 0.490 e. The van der Waals surface area contributed by atoms with E-state index in [0.29, 0.717) is 11.9 Å². The van der Waals surface area contributed by atoms with Crippen molar-refractivity contribution in [2.45, 2.75) is 13.0 Å². The van der Waals surface area contributed by atoms with Crippen molar-refractivity contribution in [2.24, 2.45) is 0 Å². The molecule has 0 fully saturated rings. The van der Waals surface area contributed by atoms with Gasteiger partial charge in [-0.05, 0) is 12.1 Å². The van der Waals surface area contributed by atoms with E-state index in [4.69, 9.17) is 9.47 Å². The zero-order valence-electron chi connectivity index (χ0n) is 8.48. The number of ether oxygens (including phenoxy) is 2. The normalized spacial score (nSPS) is 11.9. The maximum Gasteiger partial charge on any atom is 0.303 e. The lowest BCUT2D eigenvalue weighted by Gasteiger charge is -2.15. The quantitative estimate of drug-likeness (QED) is 0.610. The van der Waals surface area contributed by atoms with Gasteiger partial charge in [-0.25, -0.2) is 0 Å². The second kappa shape index (κ2) is 6.45. The van der Waals surface area contributed by atoms with Gasteiger partial charge in [0.25, 0.3) is 0 Å². The van der Waals surface area contributed by atoms with Crippen LogP contribution < -0.4 is 4.74 Å². The second-order valence-electron chi connectivity index (χ2n) is 3.01. The molecule has 0 saturated carbocycles. The van der Waals surface area contributed by atoms with Crippen molar-refractivity contribution in [3.63, 3.8) is 0 Å². The number of carbonyl (C=O) groups is 1. The van der Waals surface area contributed by atoms with Crippen molar-refractivity contribution in [3.8, 4) is 5.75 Å². The molecule has 0 bridgehead atoms. The molecule has 0 N–H and O–H groups in total. The maximum absolute atomic E-state index is 10.7. The predicted octanol–water partition coefficient (Wildman–Crippen LogP) is 2.39. The predicted molar refractivity (Wildman–Crippen MR) is 61.3 cm³/mol. The number of alkyl halides is 1. The van der Waals surface area contributed by atoms with E-state index in [1.807, 2.05) is 30.3 Å². The van der Waals surface area contributed by atoms with Crippen LogP contribution in [-0.2, 0) is 9.53 Å². The van der Waals surface area contributed by atoms with Gasteiger partial charge in [0.15, 0.2) is 0 Å². The summed E-state index contributed by atoms with van der Waals surface area (Å²) in [4.78, 5) is 10.7. The third kappa shape index (κ3) is 4.83. The van der Waals surface area contributed by atoms with Gasteiger partial charge in [-0.3, -0.25) is 4.79 Å². The third-order valence-electron chi connectivity index (χ3n) is 1.68. The Morgan fingerprint density at radius 1 is 1.40 bits per heavy atom. The molecule has 0 unspecified atom stereocenters. The van der Waals surface area contributed by atoms with Crippen molar-refractivity contribution in [3.05, 3.63) is 30.3 Å². The lowest BCUT2D eigenvalue weighted by atomic mass is 10.3. The Bertz CT molecular complexity index is 300. The molecule has 1 aromatic rings. The average molecular weight is 273 g/mol. The van der Waals surface area contributed by atoms with Crippen molar-refractivity contribution in [2.75, 3.05) is 11.9 Å². The molecule has 0 aromatic heterocycles. The first-order valence-corrected chi connectivity index (χ1v) is 5.75. The summed E-state index contributed by atoms with van der Waals surface area (Å²) in [6, 6.07) is 9.42. The molecule has 0 amide bonds. The maximum atomic E-state index is 10.7. The van der Waals surface area contributed by atoms with Gasteiger partial charge in [-0.2, -0.15) is 0 Å². The van der Waals surface area contributed by atoms with E-state index in [1.54, 1.807) is 0 Å². The fourth-order valence-corrected chi connectivity index (χ4v) is 1.37. The number of hydrogen-bond donors (Lipinski definition) is 0. The lowest BCUT2D eigenvalue weighted by Crippen LogP contribution is -2.25. The third-order valence-corrected chi connectivity index (χ3v) is 2.41. The molecule has 0 spiro atoms. The highest BCUT2D eigenvalue weighted by atomic mass is 79.9. The Hall–Kier alpha value is -1.03. The van der Waals surface area contributed by atoms with Crippen LogP contribution in [0.25, 0.3) is 0 Å². The molecule has 15 heavy (non-hydrogen) atoms. The van der Waals surface area contributed by atoms with E-state index in [1.165, 1.54) is 6.92 Å². The molecule has 82 valence electrons. The van der Waals surface area contributed by atoms with Crippen molar-refractivity contribution >= 4 is 21.9 Å². The van der Waals surface area contributed by atoms with Crippen LogP contribution in [0.4, 0.5) is 0 Å². The molecule has 0 aliphatic heterocycles. The summed E-state index contributed by atoms with van der Waals surface area (Å²) in [6.07, 6.45) is -0.247. The van der Waals surface area contributed by atoms with E-state index < -0.39 is 0 Å². The van der Waals surface area contributed by atoms with Gasteiger partial charge in [0.2, 0.25) is 0 Å². The molecule has 1 rings (SSSR count). The molecule has 0 heterocycles. The minimum Gasteiger partial charge on any atom is -0.490 e. The number of hydrogen-bond acceptors (Lipinski definition) is 3. The molecule has 0 radical (unpaired) electrons. The minimum absolute atomic E-state index is 0.247. The highest BCUT2D eigenvalue weighted by Crippen LogP contribution is 2.10. The zero-order chi connectivity index (χ0) is 11.1. The first-order valence-electron chi connectivity index (χ1n) is 4.63. The second-order valence-corrected chi connectivity index (χ2v) is 3.66. The van der Waals surface area contributed by atoms with Gasteiger partial charge in [0.1, 0.15) is 18.5 Å². The number of benzene rings is 1. The summed E-state index contributed by atoms with van der Waals surface area (Å²) >= 11 is 3.26. The number of esters is 1. The number of halogens is 1. The molecular weight excluding hydrogens is 260 g/mol. The SMILES string of the molecule is CC(=O)O[C@@H](CBr)COc1ccccc1. The Morgan fingerprint density at radius 2 is 2.07 bits per heavy atom. The Balaban J connectivity index is 2.37. The Kier molecular flexibility index (Phi) is 5.18. The molecule has 1 aromatic carbocycles.